The highest BCUT2D eigenvalue weighted by Crippen LogP contribution is 2.36. The Balaban J connectivity index is 1.36. The van der Waals surface area contributed by atoms with E-state index in [1.165, 1.54) is 30.6 Å². The van der Waals surface area contributed by atoms with Crippen molar-refractivity contribution in [2.24, 2.45) is 5.92 Å². The monoisotopic (exact) mass is 432 g/mol. The minimum atomic E-state index is -4.31. The Hall–Kier alpha value is -3.25. The van der Waals surface area contributed by atoms with E-state index < -0.39 is 16.2 Å². The number of para-hydroxylation sites is 1. The molecule has 0 bridgehead atoms. The van der Waals surface area contributed by atoms with Gasteiger partial charge in [-0.3, -0.25) is 8.98 Å². The Bertz CT molecular complexity index is 1190. The molecule has 0 radical (unpaired) electrons. The van der Waals surface area contributed by atoms with Gasteiger partial charge in [0.15, 0.2) is 11.5 Å². The predicted octanol–water partition coefficient (Wildman–Crippen LogP) is 1.15. The van der Waals surface area contributed by atoms with E-state index in [0.29, 0.717) is 23.4 Å². The summed E-state index contributed by atoms with van der Waals surface area (Å²) in [5, 5.41) is 9.67. The largest absolute Gasteiger partial charge is 0.507 e. The fraction of sp³-hybridized carbons (Fsp3) is 0.333. The van der Waals surface area contributed by atoms with Crippen molar-refractivity contribution >= 4 is 33.2 Å². The highest BCUT2D eigenvalue weighted by atomic mass is 32.2. The Morgan fingerprint density at radius 2 is 2.07 bits per heavy atom. The van der Waals surface area contributed by atoms with Crippen LogP contribution in [-0.2, 0) is 14.5 Å². The second kappa shape index (κ2) is 7.88. The molecule has 1 amide bonds. The number of anilines is 1. The molecule has 12 heteroatoms. The number of nitrogen functional groups attached to an aromatic ring is 1. The van der Waals surface area contributed by atoms with E-state index >= 15 is 0 Å². The summed E-state index contributed by atoms with van der Waals surface area (Å²) in [6, 6.07) is 5.72. The summed E-state index contributed by atoms with van der Waals surface area (Å²) in [4.78, 5) is 24.5. The number of carbonyl (C=O) groups excluding carboxylic acids is 1. The van der Waals surface area contributed by atoms with Gasteiger partial charge in [0.1, 0.15) is 17.6 Å². The summed E-state index contributed by atoms with van der Waals surface area (Å²) in [7, 11) is -4.31. The number of imidazole rings is 1. The molecule has 2 aromatic heterocycles. The van der Waals surface area contributed by atoms with Crippen LogP contribution in [0, 0.1) is 5.92 Å². The van der Waals surface area contributed by atoms with Crippen molar-refractivity contribution in [3.63, 3.8) is 0 Å². The first-order valence-electron chi connectivity index (χ1n) is 9.26. The number of rotatable bonds is 6. The number of aromatic nitrogens is 4. The number of fused-ring (bicyclic) bond motifs is 1. The molecule has 1 aliphatic carbocycles. The summed E-state index contributed by atoms with van der Waals surface area (Å²) in [6.07, 6.45) is 5.25. The molecule has 4 N–H and O–H groups in total. The van der Waals surface area contributed by atoms with Crippen LogP contribution in [0.25, 0.3) is 11.2 Å². The lowest BCUT2D eigenvalue weighted by atomic mass is 10.1. The van der Waals surface area contributed by atoms with Gasteiger partial charge >= 0.3 is 10.3 Å². The Labute approximate surface area is 172 Å². The van der Waals surface area contributed by atoms with E-state index in [0.717, 1.165) is 12.8 Å². The van der Waals surface area contributed by atoms with E-state index in [1.807, 2.05) is 9.29 Å². The number of amides is 1. The number of hydrogen-bond donors (Lipinski definition) is 3. The quantitative estimate of drug-likeness (QED) is 0.518. The van der Waals surface area contributed by atoms with Crippen LogP contribution in [-0.4, -0.2) is 45.6 Å². The average Bonchev–Trinajstić information content (AvgIpc) is 3.34. The summed E-state index contributed by atoms with van der Waals surface area (Å²) in [5.74, 6) is -0.994. The average molecular weight is 432 g/mol. The van der Waals surface area contributed by atoms with Gasteiger partial charge in [-0.05, 0) is 37.3 Å². The van der Waals surface area contributed by atoms with Crippen molar-refractivity contribution in [3.05, 3.63) is 42.5 Å². The zero-order valence-electron chi connectivity index (χ0n) is 15.8. The first-order chi connectivity index (χ1) is 14.3. The fourth-order valence-electron chi connectivity index (χ4n) is 3.64. The molecule has 0 aliphatic heterocycles. The number of phenols is 1. The van der Waals surface area contributed by atoms with Gasteiger partial charge in [0.25, 0.3) is 5.91 Å². The minimum Gasteiger partial charge on any atom is -0.507 e. The van der Waals surface area contributed by atoms with Gasteiger partial charge in [-0.2, -0.15) is 8.42 Å². The molecule has 30 heavy (non-hydrogen) atoms. The summed E-state index contributed by atoms with van der Waals surface area (Å²) < 4.78 is 33.0. The van der Waals surface area contributed by atoms with Crippen molar-refractivity contribution in [2.75, 3.05) is 12.3 Å². The molecule has 1 aliphatic rings. The summed E-state index contributed by atoms with van der Waals surface area (Å²) in [6.45, 7) is -0.0658. The van der Waals surface area contributed by atoms with Crippen LogP contribution in [0.5, 0.6) is 5.75 Å². The van der Waals surface area contributed by atoms with Crippen LogP contribution in [0.4, 0.5) is 5.82 Å². The van der Waals surface area contributed by atoms with Gasteiger partial charge in [-0.1, -0.05) is 12.1 Å². The van der Waals surface area contributed by atoms with Crippen LogP contribution in [0.1, 0.15) is 35.7 Å². The van der Waals surface area contributed by atoms with Crippen molar-refractivity contribution in [3.8, 4) is 5.75 Å². The molecule has 1 fully saturated rings. The van der Waals surface area contributed by atoms with Gasteiger partial charge in [0.2, 0.25) is 0 Å². The minimum absolute atomic E-state index is 0.0246. The molecular weight excluding hydrogens is 412 g/mol. The van der Waals surface area contributed by atoms with E-state index in [1.54, 1.807) is 6.33 Å². The first kappa shape index (κ1) is 20.0. The number of aromatic hydroxyl groups is 1. The summed E-state index contributed by atoms with van der Waals surface area (Å²) in [5.41, 5.74) is 6.83. The molecular formula is C18H20N6O5S. The SMILES string of the molecule is Nc1ncnc2c1ncn2[C@H]1CC[C@@H](COS(=O)(=O)NC(=O)c2ccccc2O)C1. The van der Waals surface area contributed by atoms with Crippen LogP contribution >= 0.6 is 0 Å². The number of nitrogens with one attached hydrogen (secondary N) is 1. The van der Waals surface area contributed by atoms with Crippen molar-refractivity contribution < 1.29 is 22.5 Å². The van der Waals surface area contributed by atoms with E-state index in [4.69, 9.17) is 9.92 Å². The molecule has 2 heterocycles. The van der Waals surface area contributed by atoms with Crippen LogP contribution in [0.3, 0.4) is 0 Å². The highest BCUT2D eigenvalue weighted by Gasteiger charge is 2.29. The zero-order valence-corrected chi connectivity index (χ0v) is 16.6. The maximum atomic E-state index is 12.1. The van der Waals surface area contributed by atoms with Crippen LogP contribution in [0.2, 0.25) is 0 Å². The maximum Gasteiger partial charge on any atom is 0.362 e. The number of nitrogens with zero attached hydrogens (tertiary/aromatic N) is 4. The standard InChI is InChI=1S/C18H20N6O5S/c19-16-15-17(21-9-20-16)24(10-22-15)12-6-5-11(7-12)8-29-30(27,28)23-18(26)13-3-1-2-4-14(13)25/h1-4,9-12,25H,5-8H2,(H,23,26)(H2,19,20,21)/t11-,12+/m1/s1. The third-order valence-electron chi connectivity index (χ3n) is 5.12. The van der Waals surface area contributed by atoms with Crippen molar-refractivity contribution in [1.29, 1.82) is 0 Å². The van der Waals surface area contributed by atoms with Gasteiger partial charge in [-0.15, -0.1) is 0 Å². The topological polar surface area (TPSA) is 162 Å². The second-order valence-electron chi connectivity index (χ2n) is 7.10. The van der Waals surface area contributed by atoms with Crippen LogP contribution < -0.4 is 10.5 Å². The Kier molecular flexibility index (Phi) is 5.26. The number of carbonyl (C=O) groups is 1. The summed E-state index contributed by atoms with van der Waals surface area (Å²) >= 11 is 0. The van der Waals surface area contributed by atoms with E-state index in [2.05, 4.69) is 15.0 Å². The molecule has 1 aromatic carbocycles. The fourth-order valence-corrected chi connectivity index (χ4v) is 4.41. The van der Waals surface area contributed by atoms with Gasteiger partial charge in [0.05, 0.1) is 18.5 Å². The predicted molar refractivity (Wildman–Crippen MR) is 107 cm³/mol. The molecule has 0 saturated heterocycles. The number of hydrogen-bond acceptors (Lipinski definition) is 9. The smallest absolute Gasteiger partial charge is 0.362 e. The maximum absolute atomic E-state index is 12.1. The lowest BCUT2D eigenvalue weighted by molar-refractivity contribution is 0.0972. The number of nitrogens with two attached hydrogens (primary N) is 1. The first-order valence-corrected chi connectivity index (χ1v) is 10.7. The normalized spacial score (nSPS) is 19.2. The molecule has 0 spiro atoms. The lowest BCUT2D eigenvalue weighted by Crippen LogP contribution is -2.33. The van der Waals surface area contributed by atoms with Crippen molar-refractivity contribution in [2.45, 2.75) is 25.3 Å². The molecule has 0 unspecified atom stereocenters. The molecule has 4 rings (SSSR count). The number of phenolic OH excluding ortho intramolecular Hbond substituents is 1. The number of benzene rings is 1. The highest BCUT2D eigenvalue weighted by molar-refractivity contribution is 7.85. The lowest BCUT2D eigenvalue weighted by Gasteiger charge is -2.14. The van der Waals surface area contributed by atoms with Crippen LogP contribution in [0.15, 0.2) is 36.9 Å². The Morgan fingerprint density at radius 1 is 1.27 bits per heavy atom. The van der Waals surface area contributed by atoms with Gasteiger partial charge < -0.3 is 15.4 Å². The second-order valence-corrected chi connectivity index (χ2v) is 8.45. The third-order valence-corrected chi connectivity index (χ3v) is 6.00. The van der Waals surface area contributed by atoms with E-state index in [-0.39, 0.29) is 29.9 Å². The molecule has 1 saturated carbocycles. The van der Waals surface area contributed by atoms with Gasteiger partial charge in [-0.25, -0.2) is 19.7 Å². The van der Waals surface area contributed by atoms with Gasteiger partial charge in [0, 0.05) is 6.04 Å². The molecule has 3 aromatic rings. The third kappa shape index (κ3) is 4.04. The Morgan fingerprint density at radius 3 is 2.87 bits per heavy atom. The molecule has 2 atom stereocenters. The van der Waals surface area contributed by atoms with E-state index in [9.17, 15) is 18.3 Å². The zero-order chi connectivity index (χ0) is 21.3. The molecule has 158 valence electrons. The molecule has 11 nitrogen and oxygen atoms in total. The van der Waals surface area contributed by atoms with Crippen molar-refractivity contribution in [1.82, 2.24) is 24.2 Å².